The molecular weight excluding hydrogens is 244 g/mol. The van der Waals surface area contributed by atoms with Gasteiger partial charge in [-0.1, -0.05) is 0 Å². The summed E-state index contributed by atoms with van der Waals surface area (Å²) in [6.07, 6.45) is 1.80. The number of primary sulfonamides is 1. The van der Waals surface area contributed by atoms with Crippen molar-refractivity contribution in [3.05, 3.63) is 12.3 Å². The van der Waals surface area contributed by atoms with Crippen molar-refractivity contribution in [2.45, 2.75) is 6.42 Å². The number of nitrogens with two attached hydrogens (primary N) is 1. The van der Waals surface area contributed by atoms with Crippen molar-refractivity contribution in [2.24, 2.45) is 18.1 Å². The number of aromatic nitrogens is 2. The number of sulfonamides is 1. The van der Waals surface area contributed by atoms with Crippen molar-refractivity contribution >= 4 is 21.7 Å². The van der Waals surface area contributed by atoms with E-state index in [0.717, 1.165) is 0 Å². The van der Waals surface area contributed by atoms with Crippen LogP contribution >= 0.6 is 0 Å². The zero-order valence-corrected chi connectivity index (χ0v) is 10.2. The maximum atomic E-state index is 11.8. The Morgan fingerprint density at radius 3 is 2.82 bits per heavy atom. The van der Waals surface area contributed by atoms with Crippen LogP contribution in [-0.4, -0.2) is 36.4 Å². The number of nitrogens with zero attached hydrogens (tertiary/aromatic N) is 3. The molecule has 0 aromatic carbocycles. The first kappa shape index (κ1) is 12.1. The van der Waals surface area contributed by atoms with Crippen molar-refractivity contribution in [3.8, 4) is 0 Å². The number of aryl methyl sites for hydroxylation is 1. The molecule has 0 spiro atoms. The van der Waals surface area contributed by atoms with Gasteiger partial charge in [-0.05, 0) is 0 Å². The van der Waals surface area contributed by atoms with Crippen LogP contribution in [0, 0.1) is 5.92 Å². The molecule has 0 radical (unpaired) electrons. The van der Waals surface area contributed by atoms with Crippen molar-refractivity contribution in [3.63, 3.8) is 0 Å². The number of hydrogen-bond acceptors (Lipinski definition) is 4. The highest BCUT2D eigenvalue weighted by Gasteiger charge is 2.33. The number of amides is 1. The van der Waals surface area contributed by atoms with E-state index in [1.165, 1.54) is 0 Å². The minimum absolute atomic E-state index is 0.0951. The van der Waals surface area contributed by atoms with E-state index in [2.05, 4.69) is 5.10 Å². The van der Waals surface area contributed by atoms with E-state index in [0.29, 0.717) is 12.4 Å². The van der Waals surface area contributed by atoms with Gasteiger partial charge in [0, 0.05) is 32.0 Å². The summed E-state index contributed by atoms with van der Waals surface area (Å²) in [6, 6.07) is 1.72. The molecule has 7 nitrogen and oxygen atoms in total. The predicted octanol–water partition coefficient (Wildman–Crippen LogP) is -0.938. The average molecular weight is 258 g/mol. The molecular formula is C9H14N4O3S. The summed E-state index contributed by atoms with van der Waals surface area (Å²) < 4.78 is 23.5. The molecule has 1 saturated heterocycles. The summed E-state index contributed by atoms with van der Waals surface area (Å²) >= 11 is 0. The molecule has 17 heavy (non-hydrogen) atoms. The van der Waals surface area contributed by atoms with Crippen LogP contribution in [0.5, 0.6) is 0 Å². The third-order valence-electron chi connectivity index (χ3n) is 2.74. The fourth-order valence-electron chi connectivity index (χ4n) is 2.07. The van der Waals surface area contributed by atoms with E-state index >= 15 is 0 Å². The Morgan fingerprint density at radius 2 is 2.29 bits per heavy atom. The molecule has 2 N–H and O–H groups in total. The highest BCUT2D eigenvalue weighted by Crippen LogP contribution is 2.24. The zero-order valence-electron chi connectivity index (χ0n) is 9.41. The summed E-state index contributed by atoms with van der Waals surface area (Å²) in [4.78, 5) is 13.3. The SMILES string of the molecule is Cn1nccc1N1CC(CS(N)(=O)=O)CC1=O. The molecule has 8 heteroatoms. The smallest absolute Gasteiger partial charge is 0.228 e. The van der Waals surface area contributed by atoms with Crippen LogP contribution < -0.4 is 10.0 Å². The van der Waals surface area contributed by atoms with Crippen LogP contribution in [0.15, 0.2) is 12.3 Å². The Balaban J connectivity index is 2.14. The first-order chi connectivity index (χ1) is 7.87. The monoisotopic (exact) mass is 258 g/mol. The van der Waals surface area contributed by atoms with Crippen molar-refractivity contribution in [1.29, 1.82) is 0 Å². The largest absolute Gasteiger partial charge is 0.297 e. The van der Waals surface area contributed by atoms with Crippen molar-refractivity contribution in [2.75, 3.05) is 17.2 Å². The van der Waals surface area contributed by atoms with Gasteiger partial charge in [-0.3, -0.25) is 14.4 Å². The lowest BCUT2D eigenvalue weighted by Crippen LogP contribution is -2.28. The first-order valence-electron chi connectivity index (χ1n) is 5.15. The van der Waals surface area contributed by atoms with Crippen LogP contribution in [0.3, 0.4) is 0 Å². The molecule has 1 unspecified atom stereocenters. The van der Waals surface area contributed by atoms with Gasteiger partial charge < -0.3 is 0 Å². The second kappa shape index (κ2) is 4.11. The fourth-order valence-corrected chi connectivity index (χ4v) is 2.96. The van der Waals surface area contributed by atoms with Gasteiger partial charge in [0.2, 0.25) is 15.9 Å². The van der Waals surface area contributed by atoms with Gasteiger partial charge in [0.25, 0.3) is 0 Å². The Kier molecular flexibility index (Phi) is 2.92. The van der Waals surface area contributed by atoms with Crippen LogP contribution in [0.1, 0.15) is 6.42 Å². The highest BCUT2D eigenvalue weighted by atomic mass is 32.2. The van der Waals surface area contributed by atoms with Gasteiger partial charge >= 0.3 is 0 Å². The third kappa shape index (κ3) is 2.64. The lowest BCUT2D eigenvalue weighted by atomic mass is 10.1. The number of carbonyl (C=O) groups excluding carboxylic acids is 1. The van der Waals surface area contributed by atoms with Crippen LogP contribution in [0.2, 0.25) is 0 Å². The van der Waals surface area contributed by atoms with Gasteiger partial charge in [-0.25, -0.2) is 13.6 Å². The molecule has 1 amide bonds. The lowest BCUT2D eigenvalue weighted by Gasteiger charge is -2.16. The van der Waals surface area contributed by atoms with Crippen LogP contribution in [0.25, 0.3) is 0 Å². The van der Waals surface area contributed by atoms with Gasteiger partial charge in [-0.2, -0.15) is 5.10 Å². The summed E-state index contributed by atoms with van der Waals surface area (Å²) in [6.45, 7) is 0.370. The number of rotatable bonds is 3. The normalized spacial score (nSPS) is 21.2. The van der Waals surface area contributed by atoms with E-state index in [9.17, 15) is 13.2 Å². The second-order valence-electron chi connectivity index (χ2n) is 4.22. The molecule has 1 fully saturated rings. The van der Waals surface area contributed by atoms with Crippen molar-refractivity contribution in [1.82, 2.24) is 9.78 Å². The predicted molar refractivity (Wildman–Crippen MR) is 61.6 cm³/mol. The maximum Gasteiger partial charge on any atom is 0.228 e. The molecule has 2 heterocycles. The highest BCUT2D eigenvalue weighted by molar-refractivity contribution is 7.89. The molecule has 0 bridgehead atoms. The molecule has 1 atom stereocenters. The molecule has 0 aliphatic carbocycles. The Labute approximate surface area is 99.2 Å². The molecule has 2 rings (SSSR count). The number of carbonyl (C=O) groups is 1. The fraction of sp³-hybridized carbons (Fsp3) is 0.556. The topological polar surface area (TPSA) is 98.3 Å². The summed E-state index contributed by atoms with van der Waals surface area (Å²) in [7, 11) is -1.80. The van der Waals surface area contributed by atoms with E-state index < -0.39 is 10.0 Å². The molecule has 1 aromatic rings. The van der Waals surface area contributed by atoms with Gasteiger partial charge in [-0.15, -0.1) is 0 Å². The van der Waals surface area contributed by atoms with Crippen LogP contribution in [-0.2, 0) is 21.9 Å². The second-order valence-corrected chi connectivity index (χ2v) is 5.88. The molecule has 0 saturated carbocycles. The Hall–Kier alpha value is -1.41. The van der Waals surface area contributed by atoms with Gasteiger partial charge in [0.15, 0.2) is 0 Å². The van der Waals surface area contributed by atoms with Crippen molar-refractivity contribution < 1.29 is 13.2 Å². The first-order valence-corrected chi connectivity index (χ1v) is 6.87. The Morgan fingerprint density at radius 1 is 1.59 bits per heavy atom. The summed E-state index contributed by atoms with van der Waals surface area (Å²) in [5, 5.41) is 8.95. The minimum atomic E-state index is -3.53. The zero-order chi connectivity index (χ0) is 12.6. The summed E-state index contributed by atoms with van der Waals surface area (Å²) in [5.41, 5.74) is 0. The average Bonchev–Trinajstić information content (AvgIpc) is 2.70. The van der Waals surface area contributed by atoms with E-state index in [-0.39, 0.29) is 24.0 Å². The lowest BCUT2D eigenvalue weighted by molar-refractivity contribution is -0.117. The number of hydrogen-bond donors (Lipinski definition) is 1. The van der Waals surface area contributed by atoms with E-state index in [4.69, 9.17) is 5.14 Å². The molecule has 1 aromatic heterocycles. The number of anilines is 1. The van der Waals surface area contributed by atoms with E-state index in [1.54, 1.807) is 28.9 Å². The molecule has 1 aliphatic rings. The maximum absolute atomic E-state index is 11.8. The van der Waals surface area contributed by atoms with Crippen LogP contribution in [0.4, 0.5) is 5.82 Å². The van der Waals surface area contributed by atoms with Gasteiger partial charge in [0.05, 0.1) is 11.9 Å². The molecule has 1 aliphatic heterocycles. The quantitative estimate of drug-likeness (QED) is 0.756. The standard InChI is InChI=1S/C9H14N4O3S/c1-12-8(2-3-11-12)13-5-7(4-9(13)14)6-17(10,15)16/h2-3,7H,4-6H2,1H3,(H2,10,15,16). The Bertz CT molecular complexity index is 536. The van der Waals surface area contributed by atoms with E-state index in [1.807, 2.05) is 0 Å². The minimum Gasteiger partial charge on any atom is -0.297 e. The molecule has 94 valence electrons. The third-order valence-corrected chi connectivity index (χ3v) is 3.68. The van der Waals surface area contributed by atoms with Gasteiger partial charge in [0.1, 0.15) is 5.82 Å². The summed E-state index contributed by atoms with van der Waals surface area (Å²) in [5.74, 6) is 0.175.